The zero-order chi connectivity index (χ0) is 13.1. The van der Waals surface area contributed by atoms with Crippen LogP contribution in [0.4, 0.5) is 0 Å². The van der Waals surface area contributed by atoms with Crippen LogP contribution in [0, 0.1) is 0 Å². The lowest BCUT2D eigenvalue weighted by atomic mass is 9.88. The lowest BCUT2D eigenvalue weighted by Crippen LogP contribution is -2.26. The maximum atomic E-state index is 10.9. The normalized spacial score (nSPS) is 20.0. The highest BCUT2D eigenvalue weighted by molar-refractivity contribution is 5.72. The summed E-state index contributed by atoms with van der Waals surface area (Å²) in [6, 6.07) is 5.81. The Kier molecular flexibility index (Phi) is 3.87. The van der Waals surface area contributed by atoms with E-state index < -0.39 is 12.1 Å². The van der Waals surface area contributed by atoms with Gasteiger partial charge >= 0.3 is 5.97 Å². The second-order valence-corrected chi connectivity index (χ2v) is 4.71. The van der Waals surface area contributed by atoms with Crippen molar-refractivity contribution < 1.29 is 14.6 Å². The fraction of sp³-hybridized carbons (Fsp3) is 0.500. The molecule has 1 aromatic carbocycles. The van der Waals surface area contributed by atoms with E-state index in [2.05, 4.69) is 0 Å². The molecular weight excluding hydrogens is 230 g/mol. The minimum Gasteiger partial charge on any atom is -0.479 e. The Hall–Kier alpha value is -1.55. The van der Waals surface area contributed by atoms with E-state index in [0.717, 1.165) is 24.8 Å². The van der Waals surface area contributed by atoms with Crippen molar-refractivity contribution in [3.05, 3.63) is 29.3 Å². The lowest BCUT2D eigenvalue weighted by molar-refractivity contribution is -0.145. The van der Waals surface area contributed by atoms with Crippen LogP contribution in [0.5, 0.6) is 5.75 Å². The average molecular weight is 249 g/mol. The standard InChI is InChI=1S/C14H19NO3/c1-2-13(14(16)17)18-10-6-7-11-9(8-10)4-3-5-12(11)15/h6-8,12-13H,2-5,15H2,1H3,(H,16,17). The minimum absolute atomic E-state index is 0.101. The maximum Gasteiger partial charge on any atom is 0.344 e. The van der Waals surface area contributed by atoms with Gasteiger partial charge in [-0.3, -0.25) is 0 Å². The van der Waals surface area contributed by atoms with Gasteiger partial charge in [-0.15, -0.1) is 0 Å². The molecule has 0 aromatic heterocycles. The molecule has 18 heavy (non-hydrogen) atoms. The number of hydrogen-bond donors (Lipinski definition) is 2. The van der Waals surface area contributed by atoms with Gasteiger partial charge in [0.05, 0.1) is 0 Å². The van der Waals surface area contributed by atoms with Crippen molar-refractivity contribution in [3.63, 3.8) is 0 Å². The van der Waals surface area contributed by atoms with Crippen LogP contribution in [0.15, 0.2) is 18.2 Å². The van der Waals surface area contributed by atoms with Crippen LogP contribution in [-0.4, -0.2) is 17.2 Å². The molecule has 0 heterocycles. The summed E-state index contributed by atoms with van der Waals surface area (Å²) in [5.74, 6) is -0.302. The summed E-state index contributed by atoms with van der Waals surface area (Å²) in [7, 11) is 0. The highest BCUT2D eigenvalue weighted by atomic mass is 16.5. The first-order valence-corrected chi connectivity index (χ1v) is 6.39. The van der Waals surface area contributed by atoms with Crippen LogP contribution in [0.2, 0.25) is 0 Å². The number of rotatable bonds is 4. The molecule has 0 spiro atoms. The van der Waals surface area contributed by atoms with Gasteiger partial charge in [0.15, 0.2) is 6.10 Å². The van der Waals surface area contributed by atoms with Crippen LogP contribution < -0.4 is 10.5 Å². The first-order valence-electron chi connectivity index (χ1n) is 6.39. The number of carboxylic acids is 1. The molecule has 0 saturated heterocycles. The first-order chi connectivity index (χ1) is 8.61. The fourth-order valence-corrected chi connectivity index (χ4v) is 2.37. The number of ether oxygens (including phenoxy) is 1. The van der Waals surface area contributed by atoms with Gasteiger partial charge in [-0.1, -0.05) is 13.0 Å². The van der Waals surface area contributed by atoms with Crippen molar-refractivity contribution in [2.45, 2.75) is 44.8 Å². The van der Waals surface area contributed by atoms with Gasteiger partial charge in [-0.2, -0.15) is 0 Å². The van der Waals surface area contributed by atoms with Crippen molar-refractivity contribution in [1.82, 2.24) is 0 Å². The molecule has 1 aliphatic rings. The van der Waals surface area contributed by atoms with Crippen molar-refractivity contribution in [1.29, 1.82) is 0 Å². The van der Waals surface area contributed by atoms with Crippen molar-refractivity contribution in [3.8, 4) is 5.75 Å². The Morgan fingerprint density at radius 3 is 3.06 bits per heavy atom. The Morgan fingerprint density at radius 1 is 1.61 bits per heavy atom. The highest BCUT2D eigenvalue weighted by Gasteiger charge is 2.20. The Balaban J connectivity index is 2.18. The van der Waals surface area contributed by atoms with Gasteiger partial charge in [-0.25, -0.2) is 4.79 Å². The zero-order valence-corrected chi connectivity index (χ0v) is 10.6. The molecule has 2 rings (SSSR count). The molecule has 3 N–H and O–H groups in total. The third kappa shape index (κ3) is 2.64. The number of nitrogens with two attached hydrogens (primary N) is 1. The van der Waals surface area contributed by atoms with Gasteiger partial charge in [0.25, 0.3) is 0 Å². The van der Waals surface area contributed by atoms with Crippen molar-refractivity contribution in [2.75, 3.05) is 0 Å². The van der Waals surface area contributed by atoms with Gasteiger partial charge in [0, 0.05) is 6.04 Å². The molecule has 0 saturated carbocycles. The number of benzene rings is 1. The van der Waals surface area contributed by atoms with Crippen molar-refractivity contribution in [2.24, 2.45) is 5.73 Å². The molecule has 1 aliphatic carbocycles. The van der Waals surface area contributed by atoms with Crippen molar-refractivity contribution >= 4 is 5.97 Å². The van der Waals surface area contributed by atoms with Gasteiger partial charge < -0.3 is 15.6 Å². The summed E-state index contributed by atoms with van der Waals surface area (Å²) in [5, 5.41) is 8.97. The van der Waals surface area contributed by atoms with Gasteiger partial charge in [-0.05, 0) is 48.9 Å². The van der Waals surface area contributed by atoms with E-state index in [1.807, 2.05) is 18.2 Å². The third-order valence-corrected chi connectivity index (χ3v) is 3.40. The van der Waals surface area contributed by atoms with E-state index in [1.165, 1.54) is 5.56 Å². The monoisotopic (exact) mass is 249 g/mol. The maximum absolute atomic E-state index is 10.9. The van der Waals surface area contributed by atoms with Crippen LogP contribution in [0.3, 0.4) is 0 Å². The molecule has 2 unspecified atom stereocenters. The predicted molar refractivity (Wildman–Crippen MR) is 68.7 cm³/mol. The SMILES string of the molecule is CCC(Oc1ccc2c(c1)CCCC2N)C(=O)O. The number of fused-ring (bicyclic) bond motifs is 1. The molecule has 4 nitrogen and oxygen atoms in total. The number of aliphatic carboxylic acids is 1. The first kappa shape index (κ1) is 12.9. The number of aryl methyl sites for hydroxylation is 1. The number of carboxylic acid groups (broad SMARTS) is 1. The smallest absolute Gasteiger partial charge is 0.344 e. The minimum atomic E-state index is -0.924. The molecule has 4 heteroatoms. The van der Waals surface area contributed by atoms with E-state index >= 15 is 0 Å². The molecule has 0 bridgehead atoms. The average Bonchev–Trinajstić information content (AvgIpc) is 2.35. The van der Waals surface area contributed by atoms with Crippen LogP contribution in [0.25, 0.3) is 0 Å². The number of carbonyl (C=O) groups is 1. The molecule has 0 radical (unpaired) electrons. The summed E-state index contributed by atoms with van der Waals surface area (Å²) in [4.78, 5) is 10.9. The van der Waals surface area contributed by atoms with Crippen LogP contribution in [-0.2, 0) is 11.2 Å². The topological polar surface area (TPSA) is 72.5 Å². The van der Waals surface area contributed by atoms with E-state index in [0.29, 0.717) is 12.2 Å². The quantitative estimate of drug-likeness (QED) is 0.858. The molecule has 2 atom stereocenters. The Bertz CT molecular complexity index is 445. The summed E-state index contributed by atoms with van der Waals surface area (Å²) in [6.45, 7) is 1.80. The lowest BCUT2D eigenvalue weighted by Gasteiger charge is -2.23. The molecule has 0 amide bonds. The fourth-order valence-electron chi connectivity index (χ4n) is 2.37. The summed E-state index contributed by atoms with van der Waals surface area (Å²) >= 11 is 0. The van der Waals surface area contributed by atoms with E-state index in [9.17, 15) is 4.79 Å². The Morgan fingerprint density at radius 2 is 2.39 bits per heavy atom. The summed E-state index contributed by atoms with van der Waals surface area (Å²) in [6.07, 6.45) is 2.75. The number of hydrogen-bond acceptors (Lipinski definition) is 3. The molecule has 0 fully saturated rings. The van der Waals surface area contributed by atoms with E-state index in [-0.39, 0.29) is 6.04 Å². The largest absolute Gasteiger partial charge is 0.479 e. The summed E-state index contributed by atoms with van der Waals surface area (Å²) in [5.41, 5.74) is 8.39. The highest BCUT2D eigenvalue weighted by Crippen LogP contribution is 2.31. The van der Waals surface area contributed by atoms with Gasteiger partial charge in [0.2, 0.25) is 0 Å². The molecule has 1 aromatic rings. The van der Waals surface area contributed by atoms with E-state index in [4.69, 9.17) is 15.6 Å². The molecule has 98 valence electrons. The third-order valence-electron chi connectivity index (χ3n) is 3.40. The predicted octanol–water partition coefficient (Wildman–Crippen LogP) is 2.26. The van der Waals surface area contributed by atoms with Gasteiger partial charge in [0.1, 0.15) is 5.75 Å². The second-order valence-electron chi connectivity index (χ2n) is 4.71. The molecule has 0 aliphatic heterocycles. The summed E-state index contributed by atoms with van der Waals surface area (Å²) < 4.78 is 5.49. The van der Waals surface area contributed by atoms with Crippen LogP contribution in [0.1, 0.15) is 43.4 Å². The molecular formula is C14H19NO3. The van der Waals surface area contributed by atoms with Crippen LogP contribution >= 0.6 is 0 Å². The zero-order valence-electron chi connectivity index (χ0n) is 10.6. The second kappa shape index (κ2) is 5.40. The Labute approximate surface area is 107 Å². The van der Waals surface area contributed by atoms with E-state index in [1.54, 1.807) is 6.92 Å².